The molecule has 2 aromatic rings. The Kier molecular flexibility index (Phi) is 9.02. The summed E-state index contributed by atoms with van der Waals surface area (Å²) in [5, 5.41) is 11.8. The zero-order valence-electron chi connectivity index (χ0n) is 17.5. The van der Waals surface area contributed by atoms with Crippen LogP contribution in [0.1, 0.15) is 17.5 Å². The number of urea groups is 1. The van der Waals surface area contributed by atoms with Crippen LogP contribution >= 0.6 is 11.6 Å². The highest BCUT2D eigenvalue weighted by atomic mass is 35.5. The van der Waals surface area contributed by atoms with E-state index in [-0.39, 0.29) is 36.1 Å². The van der Waals surface area contributed by atoms with Gasteiger partial charge in [0.1, 0.15) is 6.07 Å². The molecule has 0 saturated carbocycles. The summed E-state index contributed by atoms with van der Waals surface area (Å²) in [5.41, 5.74) is 1.99. The number of amides is 2. The third kappa shape index (κ3) is 7.85. The van der Waals surface area contributed by atoms with Crippen LogP contribution in [0.15, 0.2) is 42.5 Å². The van der Waals surface area contributed by atoms with Gasteiger partial charge in [-0.25, -0.2) is 4.79 Å². The van der Waals surface area contributed by atoms with Crippen molar-refractivity contribution in [1.29, 1.82) is 5.26 Å². The van der Waals surface area contributed by atoms with Gasteiger partial charge >= 0.3 is 12.0 Å². The Hall–Kier alpha value is -3.13. The summed E-state index contributed by atoms with van der Waals surface area (Å²) in [6.45, 7) is -0.297. The summed E-state index contributed by atoms with van der Waals surface area (Å²) < 4.78 is 32.0. The van der Waals surface area contributed by atoms with E-state index >= 15 is 0 Å². The summed E-state index contributed by atoms with van der Waals surface area (Å²) in [6, 6.07) is 12.7. The normalized spacial score (nSPS) is 10.8. The molecule has 2 rings (SSSR count). The van der Waals surface area contributed by atoms with Crippen LogP contribution < -0.4 is 10.2 Å². The third-order valence-corrected chi connectivity index (χ3v) is 5.20. The zero-order chi connectivity index (χ0) is 23.7. The molecule has 0 saturated heterocycles. The lowest BCUT2D eigenvalue weighted by Crippen LogP contribution is -2.37. The number of rotatable bonds is 9. The number of anilines is 2. The van der Waals surface area contributed by atoms with E-state index in [4.69, 9.17) is 21.0 Å². The van der Waals surface area contributed by atoms with Crippen LogP contribution in [0.2, 0.25) is 5.02 Å². The Morgan fingerprint density at radius 3 is 2.44 bits per heavy atom. The summed E-state index contributed by atoms with van der Waals surface area (Å²) >= 11 is 6.02. The van der Waals surface area contributed by atoms with Gasteiger partial charge < -0.3 is 10.1 Å². The molecule has 0 aliphatic heterocycles. The van der Waals surface area contributed by atoms with E-state index in [1.54, 1.807) is 24.3 Å². The van der Waals surface area contributed by atoms with E-state index in [2.05, 4.69) is 10.1 Å². The molecule has 32 heavy (non-hydrogen) atoms. The predicted molar refractivity (Wildman–Crippen MR) is 120 cm³/mol. The van der Waals surface area contributed by atoms with Gasteiger partial charge in [0.2, 0.25) is 0 Å². The van der Waals surface area contributed by atoms with Crippen LogP contribution in [0, 0.1) is 11.3 Å². The van der Waals surface area contributed by atoms with Crippen LogP contribution in [-0.2, 0) is 30.3 Å². The molecule has 0 radical (unpaired) electrons. The van der Waals surface area contributed by atoms with E-state index in [1.807, 2.05) is 6.07 Å². The maximum absolute atomic E-state index is 12.9. The second-order valence-corrected chi connectivity index (χ2v) is 8.71. The zero-order valence-corrected chi connectivity index (χ0v) is 19.1. The number of hydrogen-bond donors (Lipinski definition) is 1. The summed E-state index contributed by atoms with van der Waals surface area (Å²) in [5.74, 6) is -0.325. The average Bonchev–Trinajstić information content (AvgIpc) is 2.75. The van der Waals surface area contributed by atoms with Crippen molar-refractivity contribution in [3.63, 3.8) is 0 Å². The Balaban J connectivity index is 2.19. The van der Waals surface area contributed by atoms with Crippen molar-refractivity contribution in [3.8, 4) is 6.07 Å². The van der Waals surface area contributed by atoms with E-state index < -0.39 is 16.1 Å². The summed E-state index contributed by atoms with van der Waals surface area (Å²) in [4.78, 5) is 25.5. The van der Waals surface area contributed by atoms with Crippen molar-refractivity contribution < 1.29 is 26.9 Å². The molecule has 0 aliphatic rings. The standard InChI is InChI=1S/C21H22ClN3O6S/c1-30-20(26)10-5-15-3-8-18(9-4-15)25(11-12-31-32(2,28)29)21(27)24-17-7-6-16(14-23)19(22)13-17/h3-4,6-9,13H,5,10-12H2,1-2H3,(H,24,27). The first-order valence-electron chi connectivity index (χ1n) is 9.41. The van der Waals surface area contributed by atoms with E-state index in [9.17, 15) is 18.0 Å². The number of esters is 1. The lowest BCUT2D eigenvalue weighted by Gasteiger charge is -2.23. The van der Waals surface area contributed by atoms with Gasteiger partial charge in [0.15, 0.2) is 0 Å². The van der Waals surface area contributed by atoms with Crippen LogP contribution in [0.25, 0.3) is 0 Å². The number of carbonyl (C=O) groups is 2. The quantitative estimate of drug-likeness (QED) is 0.431. The minimum Gasteiger partial charge on any atom is -0.469 e. The van der Waals surface area contributed by atoms with Gasteiger partial charge in [-0.15, -0.1) is 0 Å². The largest absolute Gasteiger partial charge is 0.469 e. The van der Waals surface area contributed by atoms with Gasteiger partial charge in [0, 0.05) is 17.8 Å². The first kappa shape index (κ1) is 25.1. The molecule has 170 valence electrons. The lowest BCUT2D eigenvalue weighted by molar-refractivity contribution is -0.140. The minimum absolute atomic E-state index is 0.0512. The smallest absolute Gasteiger partial charge is 0.326 e. The number of ether oxygens (including phenoxy) is 1. The molecular formula is C21H22ClN3O6S. The Morgan fingerprint density at radius 1 is 1.19 bits per heavy atom. The molecule has 0 unspecified atom stereocenters. The van der Waals surface area contributed by atoms with Crippen LogP contribution in [-0.4, -0.2) is 46.9 Å². The van der Waals surface area contributed by atoms with Crippen molar-refractivity contribution in [1.82, 2.24) is 0 Å². The summed E-state index contributed by atoms with van der Waals surface area (Å²) in [7, 11) is -2.35. The molecule has 9 nitrogen and oxygen atoms in total. The number of aryl methyl sites for hydroxylation is 1. The number of carbonyl (C=O) groups excluding carboxylic acids is 2. The van der Waals surface area contributed by atoms with Crippen molar-refractivity contribution in [3.05, 3.63) is 58.6 Å². The van der Waals surface area contributed by atoms with Crippen LogP contribution in [0.5, 0.6) is 0 Å². The number of methoxy groups -OCH3 is 1. The van der Waals surface area contributed by atoms with Crippen molar-refractivity contribution >= 4 is 45.1 Å². The first-order valence-corrected chi connectivity index (χ1v) is 11.6. The summed E-state index contributed by atoms with van der Waals surface area (Å²) in [6.07, 6.45) is 1.62. The Morgan fingerprint density at radius 2 is 1.88 bits per heavy atom. The molecule has 0 heterocycles. The van der Waals surface area contributed by atoms with E-state index in [1.165, 1.54) is 30.2 Å². The Bertz CT molecular complexity index is 1110. The fraction of sp³-hybridized carbons (Fsp3) is 0.286. The van der Waals surface area contributed by atoms with Gasteiger partial charge in [-0.3, -0.25) is 13.9 Å². The molecule has 2 aromatic carbocycles. The molecule has 0 fully saturated rings. The second-order valence-electron chi connectivity index (χ2n) is 6.66. The molecule has 0 bridgehead atoms. The predicted octanol–water partition coefficient (Wildman–Crippen LogP) is 3.33. The first-order chi connectivity index (χ1) is 15.1. The molecule has 0 aliphatic carbocycles. The molecule has 2 amide bonds. The van der Waals surface area contributed by atoms with Gasteiger partial charge in [-0.2, -0.15) is 13.7 Å². The molecule has 1 N–H and O–H groups in total. The van der Waals surface area contributed by atoms with Crippen LogP contribution in [0.4, 0.5) is 16.2 Å². The fourth-order valence-corrected chi connectivity index (χ4v) is 3.29. The highest BCUT2D eigenvalue weighted by Crippen LogP contribution is 2.22. The number of nitrogens with zero attached hydrogens (tertiary/aromatic N) is 2. The fourth-order valence-electron chi connectivity index (χ4n) is 2.69. The molecule has 0 spiro atoms. The topological polar surface area (TPSA) is 126 Å². The Labute approximate surface area is 191 Å². The van der Waals surface area contributed by atoms with Crippen LogP contribution in [0.3, 0.4) is 0 Å². The number of benzene rings is 2. The molecule has 11 heteroatoms. The maximum Gasteiger partial charge on any atom is 0.326 e. The molecular weight excluding hydrogens is 458 g/mol. The van der Waals surface area contributed by atoms with Gasteiger partial charge in [-0.05, 0) is 42.3 Å². The van der Waals surface area contributed by atoms with E-state index in [0.29, 0.717) is 17.8 Å². The number of halogens is 1. The number of nitrogens with one attached hydrogen (secondary N) is 1. The minimum atomic E-state index is -3.67. The monoisotopic (exact) mass is 479 g/mol. The van der Waals surface area contributed by atoms with E-state index in [0.717, 1.165) is 11.8 Å². The van der Waals surface area contributed by atoms with Crippen molar-refractivity contribution in [2.75, 3.05) is 36.7 Å². The van der Waals surface area contributed by atoms with Crippen molar-refractivity contribution in [2.45, 2.75) is 12.8 Å². The van der Waals surface area contributed by atoms with Crippen molar-refractivity contribution in [2.24, 2.45) is 0 Å². The second kappa shape index (κ2) is 11.5. The maximum atomic E-state index is 12.9. The molecule has 0 aromatic heterocycles. The SMILES string of the molecule is COC(=O)CCc1ccc(N(CCOS(C)(=O)=O)C(=O)Nc2ccc(C#N)c(Cl)c2)cc1. The van der Waals surface area contributed by atoms with Gasteiger partial charge in [-0.1, -0.05) is 23.7 Å². The number of nitriles is 1. The lowest BCUT2D eigenvalue weighted by atomic mass is 10.1. The highest BCUT2D eigenvalue weighted by molar-refractivity contribution is 7.85. The third-order valence-electron chi connectivity index (χ3n) is 4.29. The highest BCUT2D eigenvalue weighted by Gasteiger charge is 2.18. The molecule has 0 atom stereocenters. The average molecular weight is 480 g/mol. The number of hydrogen-bond acceptors (Lipinski definition) is 7. The van der Waals surface area contributed by atoms with Gasteiger partial charge in [0.05, 0.1) is 37.1 Å². The van der Waals surface area contributed by atoms with Gasteiger partial charge in [0.25, 0.3) is 10.1 Å².